The first-order valence-corrected chi connectivity index (χ1v) is 11.6. The van der Waals surface area contributed by atoms with Gasteiger partial charge in [0.05, 0.1) is 26.2 Å². The van der Waals surface area contributed by atoms with Gasteiger partial charge in [-0.1, -0.05) is 18.2 Å². The molecule has 1 aromatic heterocycles. The molecule has 1 N–H and O–H groups in total. The van der Waals surface area contributed by atoms with Crippen LogP contribution in [0.2, 0.25) is 0 Å². The van der Waals surface area contributed by atoms with Crippen molar-refractivity contribution in [3.8, 4) is 23.0 Å². The summed E-state index contributed by atoms with van der Waals surface area (Å²) in [6, 6.07) is 17.6. The summed E-state index contributed by atoms with van der Waals surface area (Å²) in [5, 5.41) is 0.828. The van der Waals surface area contributed by atoms with Gasteiger partial charge in [0.15, 0.2) is 5.76 Å². The number of ketones is 1. The van der Waals surface area contributed by atoms with Gasteiger partial charge in [-0.3, -0.25) is 14.4 Å². The number of carbonyl (C=O) groups is 2. The molecule has 0 amide bonds. The number of esters is 1. The normalized spacial score (nSPS) is 17.2. The van der Waals surface area contributed by atoms with Crippen molar-refractivity contribution in [1.29, 1.82) is 0 Å². The number of pyridine rings is 1. The number of hydrogen-bond acceptors (Lipinski definition) is 7. The van der Waals surface area contributed by atoms with E-state index in [9.17, 15) is 14.4 Å². The Morgan fingerprint density at radius 2 is 1.78 bits per heavy atom. The number of Topliss-reactive ketones (excluding diaryl/α,β-unsaturated/α-hetero) is 1. The fraction of sp³-hybridized carbons (Fsp3) is 0.138. The van der Waals surface area contributed by atoms with Crippen LogP contribution in [0.1, 0.15) is 39.4 Å². The third kappa shape index (κ3) is 3.74. The average molecular weight is 495 g/mol. The van der Waals surface area contributed by atoms with Crippen molar-refractivity contribution in [3.05, 3.63) is 99.0 Å². The van der Waals surface area contributed by atoms with Crippen LogP contribution in [0.4, 0.5) is 0 Å². The first-order chi connectivity index (χ1) is 18.0. The van der Waals surface area contributed by atoms with E-state index in [2.05, 4.69) is 4.98 Å². The molecule has 8 heteroatoms. The van der Waals surface area contributed by atoms with E-state index in [1.807, 2.05) is 24.3 Å². The molecule has 8 nitrogen and oxygen atoms in total. The fourth-order valence-electron chi connectivity index (χ4n) is 4.87. The predicted octanol–water partition coefficient (Wildman–Crippen LogP) is 4.60. The number of methoxy groups -OCH3 is 2. The Morgan fingerprint density at radius 3 is 2.59 bits per heavy atom. The smallest absolute Gasteiger partial charge is 0.312 e. The number of para-hydroxylation sites is 1. The second-order valence-electron chi connectivity index (χ2n) is 8.77. The van der Waals surface area contributed by atoms with Gasteiger partial charge >= 0.3 is 5.97 Å². The Morgan fingerprint density at radius 1 is 0.946 bits per heavy atom. The van der Waals surface area contributed by atoms with Crippen LogP contribution in [-0.4, -0.2) is 31.0 Å². The molecule has 184 valence electrons. The Labute approximate surface area is 211 Å². The highest BCUT2D eigenvalue weighted by atomic mass is 16.5. The highest BCUT2D eigenvalue weighted by Gasteiger charge is 2.39. The summed E-state index contributed by atoms with van der Waals surface area (Å²) in [7, 11) is 3.08. The zero-order valence-corrected chi connectivity index (χ0v) is 20.0. The number of aromatic amines is 1. The van der Waals surface area contributed by atoms with Crippen LogP contribution in [0, 0.1) is 0 Å². The highest BCUT2D eigenvalue weighted by Crippen LogP contribution is 2.48. The Hall–Kier alpha value is -4.85. The van der Waals surface area contributed by atoms with E-state index >= 15 is 0 Å². The van der Waals surface area contributed by atoms with Crippen LogP contribution >= 0.6 is 0 Å². The highest BCUT2D eigenvalue weighted by molar-refractivity contribution is 6.15. The van der Waals surface area contributed by atoms with Gasteiger partial charge in [-0.2, -0.15) is 0 Å². The van der Waals surface area contributed by atoms with Crippen molar-refractivity contribution in [3.63, 3.8) is 0 Å². The largest absolute Gasteiger partial charge is 0.497 e. The zero-order chi connectivity index (χ0) is 25.7. The van der Waals surface area contributed by atoms with Gasteiger partial charge < -0.3 is 23.9 Å². The monoisotopic (exact) mass is 495 g/mol. The van der Waals surface area contributed by atoms with Crippen LogP contribution in [-0.2, 0) is 4.79 Å². The Kier molecular flexibility index (Phi) is 5.30. The maximum atomic E-state index is 13.3. The van der Waals surface area contributed by atoms with Gasteiger partial charge in [0.25, 0.3) is 5.56 Å². The van der Waals surface area contributed by atoms with Crippen LogP contribution in [0.3, 0.4) is 0 Å². The number of benzene rings is 3. The molecule has 2 aliphatic heterocycles. The molecular formula is C29H21NO7. The maximum Gasteiger partial charge on any atom is 0.312 e. The molecule has 3 heterocycles. The molecule has 0 unspecified atom stereocenters. The molecule has 1 atom stereocenters. The average Bonchev–Trinajstić information content (AvgIpc) is 3.22. The van der Waals surface area contributed by atoms with Crippen molar-refractivity contribution in [1.82, 2.24) is 4.98 Å². The van der Waals surface area contributed by atoms with E-state index < -0.39 is 11.9 Å². The molecule has 0 saturated heterocycles. The van der Waals surface area contributed by atoms with Crippen LogP contribution in [0.25, 0.3) is 17.0 Å². The third-order valence-electron chi connectivity index (χ3n) is 6.66. The van der Waals surface area contributed by atoms with Gasteiger partial charge in [-0.05, 0) is 47.9 Å². The van der Waals surface area contributed by atoms with Crippen molar-refractivity contribution < 1.29 is 28.5 Å². The van der Waals surface area contributed by atoms with Crippen LogP contribution < -0.4 is 24.5 Å². The topological polar surface area (TPSA) is 104 Å². The molecule has 3 aromatic carbocycles. The molecule has 4 aromatic rings. The Balaban J connectivity index is 1.48. The molecule has 0 fully saturated rings. The lowest BCUT2D eigenvalue weighted by Crippen LogP contribution is -2.26. The molecular weight excluding hydrogens is 474 g/mol. The number of H-pyrrole nitrogens is 1. The predicted molar refractivity (Wildman–Crippen MR) is 136 cm³/mol. The Bertz CT molecular complexity index is 1700. The lowest BCUT2D eigenvalue weighted by Gasteiger charge is -2.26. The second kappa shape index (κ2) is 8.67. The summed E-state index contributed by atoms with van der Waals surface area (Å²) in [6.07, 6.45) is 1.54. The minimum Gasteiger partial charge on any atom is -0.497 e. The van der Waals surface area contributed by atoms with Crippen LogP contribution in [0.5, 0.6) is 23.0 Å². The van der Waals surface area contributed by atoms with E-state index in [0.717, 1.165) is 5.39 Å². The van der Waals surface area contributed by atoms with Gasteiger partial charge in [0.2, 0.25) is 5.78 Å². The van der Waals surface area contributed by atoms with Gasteiger partial charge in [-0.15, -0.1) is 0 Å². The van der Waals surface area contributed by atoms with Gasteiger partial charge in [0.1, 0.15) is 23.0 Å². The van der Waals surface area contributed by atoms with E-state index in [0.29, 0.717) is 39.3 Å². The minimum absolute atomic E-state index is 0.0617. The van der Waals surface area contributed by atoms with Gasteiger partial charge in [0, 0.05) is 34.2 Å². The van der Waals surface area contributed by atoms with Crippen molar-refractivity contribution >= 4 is 28.7 Å². The van der Waals surface area contributed by atoms with E-state index in [1.165, 1.54) is 7.11 Å². The maximum absolute atomic E-state index is 13.3. The molecule has 0 spiro atoms. The second-order valence-corrected chi connectivity index (χ2v) is 8.77. The van der Waals surface area contributed by atoms with Crippen molar-refractivity contribution in [2.24, 2.45) is 0 Å². The molecule has 0 aliphatic carbocycles. The summed E-state index contributed by atoms with van der Waals surface area (Å²) in [5.74, 6) is 0.329. The number of allylic oxidation sites excluding steroid dienone is 1. The zero-order valence-electron chi connectivity index (χ0n) is 20.0. The summed E-state index contributed by atoms with van der Waals surface area (Å²) in [6.45, 7) is 0. The lowest BCUT2D eigenvalue weighted by atomic mass is 9.85. The molecule has 0 bridgehead atoms. The number of hydrogen-bond donors (Lipinski definition) is 1. The molecule has 37 heavy (non-hydrogen) atoms. The first-order valence-electron chi connectivity index (χ1n) is 11.6. The first kappa shape index (κ1) is 22.6. The van der Waals surface area contributed by atoms with Crippen LogP contribution in [0.15, 0.2) is 71.2 Å². The van der Waals surface area contributed by atoms with E-state index in [1.54, 1.807) is 49.6 Å². The van der Waals surface area contributed by atoms with Crippen molar-refractivity contribution in [2.45, 2.75) is 12.3 Å². The summed E-state index contributed by atoms with van der Waals surface area (Å²) in [4.78, 5) is 41.8. The van der Waals surface area contributed by atoms with Gasteiger partial charge in [-0.25, -0.2) is 0 Å². The SMILES string of the molecule is COc1ccc(/C=C2\Oc3c(ccc4c3[C@@H](c3cc5ccccc5[nH]c3=O)CC(=O)O4)C2=O)c(OC)c1. The fourth-order valence-corrected chi connectivity index (χ4v) is 4.87. The van der Waals surface area contributed by atoms with Crippen molar-refractivity contribution in [2.75, 3.05) is 14.2 Å². The quantitative estimate of drug-likeness (QED) is 0.251. The number of nitrogens with one attached hydrogen (secondary N) is 1. The van der Waals surface area contributed by atoms with E-state index in [4.69, 9.17) is 18.9 Å². The molecule has 2 aliphatic rings. The third-order valence-corrected chi connectivity index (χ3v) is 6.66. The minimum atomic E-state index is -0.651. The number of fused-ring (bicyclic) bond motifs is 4. The standard InChI is InChI=1S/C29H21NO7/c1-34-17-8-7-16(23(13-17)35-2)12-24-27(32)18-9-10-22-26(28(18)37-24)19(14-25(31)36-22)20-11-15-5-3-4-6-21(15)30-29(20)33/h3-13,19H,14H2,1-2H3,(H,30,33)/b24-12-/t19-/m1/s1. The molecule has 6 rings (SSSR count). The number of carbonyl (C=O) groups excluding carboxylic acids is 2. The lowest BCUT2D eigenvalue weighted by molar-refractivity contribution is -0.135. The summed E-state index contributed by atoms with van der Waals surface area (Å²) < 4.78 is 22.3. The molecule has 0 radical (unpaired) electrons. The number of rotatable bonds is 4. The van der Waals surface area contributed by atoms with E-state index in [-0.39, 0.29) is 35.0 Å². The summed E-state index contributed by atoms with van der Waals surface area (Å²) in [5.41, 5.74) is 2.23. The molecule has 0 saturated carbocycles. The number of ether oxygens (including phenoxy) is 4. The number of aromatic nitrogens is 1. The summed E-state index contributed by atoms with van der Waals surface area (Å²) >= 11 is 0.